The molecule has 98 valence electrons. The van der Waals surface area contributed by atoms with E-state index in [1.54, 1.807) is 0 Å². The molecule has 0 spiro atoms. The Bertz CT molecular complexity index is 364. The molecule has 0 saturated heterocycles. The lowest BCUT2D eigenvalue weighted by molar-refractivity contribution is 0.224. The van der Waals surface area contributed by atoms with E-state index in [0.717, 1.165) is 13.1 Å². The van der Waals surface area contributed by atoms with Gasteiger partial charge in [0, 0.05) is 18.6 Å². The first-order valence-electron chi connectivity index (χ1n) is 6.64. The van der Waals surface area contributed by atoms with Gasteiger partial charge >= 0.3 is 0 Å². The fraction of sp³-hybridized carbons (Fsp3) is 0.500. The molecule has 1 aromatic rings. The van der Waals surface area contributed by atoms with Gasteiger partial charge in [-0.15, -0.1) is 6.42 Å². The molecule has 0 saturated carbocycles. The minimum Gasteiger partial charge on any atom is -0.313 e. The van der Waals surface area contributed by atoms with Crippen molar-refractivity contribution in [1.29, 1.82) is 0 Å². The molecule has 0 heterocycles. The van der Waals surface area contributed by atoms with Crippen LogP contribution in [0, 0.1) is 12.3 Å². The Morgan fingerprint density at radius 2 is 1.94 bits per heavy atom. The molecule has 0 radical (unpaired) electrons. The maximum atomic E-state index is 5.46. The largest absolute Gasteiger partial charge is 0.313 e. The number of likely N-dealkylation sites (N-methyl/N-ethyl adjacent to an activating group) is 1. The van der Waals surface area contributed by atoms with E-state index < -0.39 is 0 Å². The van der Waals surface area contributed by atoms with Crippen LogP contribution >= 0.6 is 0 Å². The zero-order valence-corrected chi connectivity index (χ0v) is 11.7. The predicted octanol–water partition coefficient (Wildman–Crippen LogP) is 2.68. The molecule has 0 aliphatic carbocycles. The van der Waals surface area contributed by atoms with Crippen molar-refractivity contribution in [2.45, 2.75) is 32.9 Å². The van der Waals surface area contributed by atoms with E-state index in [2.05, 4.69) is 61.2 Å². The molecular formula is C16H24N2. The lowest BCUT2D eigenvalue weighted by Gasteiger charge is -2.30. The summed E-state index contributed by atoms with van der Waals surface area (Å²) in [6, 6.07) is 11.4. The van der Waals surface area contributed by atoms with E-state index >= 15 is 0 Å². The van der Waals surface area contributed by atoms with Crippen molar-refractivity contribution in [2.75, 3.05) is 19.6 Å². The fourth-order valence-corrected chi connectivity index (χ4v) is 2.04. The summed E-state index contributed by atoms with van der Waals surface area (Å²) < 4.78 is 0. The molecule has 1 N–H and O–H groups in total. The minimum absolute atomic E-state index is 0.342. The Labute approximate surface area is 111 Å². The molecular weight excluding hydrogens is 220 g/mol. The van der Waals surface area contributed by atoms with Crippen LogP contribution in [0.3, 0.4) is 0 Å². The van der Waals surface area contributed by atoms with E-state index in [1.165, 1.54) is 5.56 Å². The van der Waals surface area contributed by atoms with Crippen LogP contribution in [-0.4, -0.2) is 30.6 Å². The number of hydrogen-bond acceptors (Lipinski definition) is 2. The summed E-state index contributed by atoms with van der Waals surface area (Å²) in [5.41, 5.74) is 1.32. The van der Waals surface area contributed by atoms with Gasteiger partial charge in [0.05, 0.1) is 6.54 Å². The quantitative estimate of drug-likeness (QED) is 0.742. The molecule has 1 unspecified atom stereocenters. The minimum atomic E-state index is 0.342. The van der Waals surface area contributed by atoms with Crippen LogP contribution in [0.2, 0.25) is 0 Å². The van der Waals surface area contributed by atoms with Crippen LogP contribution in [-0.2, 0) is 0 Å². The zero-order chi connectivity index (χ0) is 13.4. The highest BCUT2D eigenvalue weighted by Gasteiger charge is 2.18. The molecule has 1 atom stereocenters. The van der Waals surface area contributed by atoms with Gasteiger partial charge in [-0.3, -0.25) is 4.90 Å². The molecule has 1 rings (SSSR count). The standard InChI is InChI=1S/C16H24N2/c1-5-12-18(6-2)16(13-17-14(3)4)15-10-8-7-9-11-15/h1,7-11,14,16-17H,6,12-13H2,2-4H3. The van der Waals surface area contributed by atoms with Crippen molar-refractivity contribution in [2.24, 2.45) is 0 Å². The normalized spacial score (nSPS) is 12.7. The molecule has 2 nitrogen and oxygen atoms in total. The van der Waals surface area contributed by atoms with E-state index in [-0.39, 0.29) is 0 Å². The van der Waals surface area contributed by atoms with Crippen molar-refractivity contribution in [1.82, 2.24) is 10.2 Å². The average Bonchev–Trinajstić information content (AvgIpc) is 2.38. The molecule has 18 heavy (non-hydrogen) atoms. The SMILES string of the molecule is C#CCN(CC)C(CNC(C)C)c1ccccc1. The highest BCUT2D eigenvalue weighted by atomic mass is 15.2. The Morgan fingerprint density at radius 1 is 1.28 bits per heavy atom. The second kappa shape index (κ2) is 7.92. The van der Waals surface area contributed by atoms with Gasteiger partial charge in [-0.25, -0.2) is 0 Å². The van der Waals surface area contributed by atoms with Crippen molar-refractivity contribution < 1.29 is 0 Å². The number of nitrogens with one attached hydrogen (secondary N) is 1. The Morgan fingerprint density at radius 3 is 2.44 bits per heavy atom. The molecule has 0 aliphatic rings. The number of benzene rings is 1. The van der Waals surface area contributed by atoms with Crippen molar-refractivity contribution in [3.05, 3.63) is 35.9 Å². The smallest absolute Gasteiger partial charge is 0.0604 e. The first-order valence-corrected chi connectivity index (χ1v) is 6.64. The molecule has 0 aromatic heterocycles. The first-order chi connectivity index (χ1) is 8.69. The van der Waals surface area contributed by atoms with Crippen molar-refractivity contribution in [3.8, 4) is 12.3 Å². The van der Waals surface area contributed by atoms with Crippen molar-refractivity contribution >= 4 is 0 Å². The molecule has 2 heteroatoms. The van der Waals surface area contributed by atoms with E-state index in [4.69, 9.17) is 6.42 Å². The topological polar surface area (TPSA) is 15.3 Å². The van der Waals surface area contributed by atoms with Gasteiger partial charge in [0.15, 0.2) is 0 Å². The second-order valence-electron chi connectivity index (χ2n) is 4.76. The highest BCUT2D eigenvalue weighted by Crippen LogP contribution is 2.19. The summed E-state index contributed by atoms with van der Waals surface area (Å²) in [4.78, 5) is 2.32. The van der Waals surface area contributed by atoms with Gasteiger partial charge in [-0.2, -0.15) is 0 Å². The van der Waals surface area contributed by atoms with Gasteiger partial charge in [0.1, 0.15) is 0 Å². The molecule has 0 amide bonds. The number of rotatable bonds is 7. The van der Waals surface area contributed by atoms with E-state index in [9.17, 15) is 0 Å². The van der Waals surface area contributed by atoms with Crippen LogP contribution < -0.4 is 5.32 Å². The summed E-state index contributed by atoms with van der Waals surface area (Å²) in [5, 5.41) is 3.51. The zero-order valence-electron chi connectivity index (χ0n) is 11.7. The molecule has 0 bridgehead atoms. The molecule has 0 aliphatic heterocycles. The van der Waals surface area contributed by atoms with Crippen molar-refractivity contribution in [3.63, 3.8) is 0 Å². The third-order valence-corrected chi connectivity index (χ3v) is 3.05. The van der Waals surface area contributed by atoms with Gasteiger partial charge in [0.2, 0.25) is 0 Å². The van der Waals surface area contributed by atoms with Crippen LogP contribution in [0.5, 0.6) is 0 Å². The second-order valence-corrected chi connectivity index (χ2v) is 4.76. The van der Waals surface area contributed by atoms with E-state index in [0.29, 0.717) is 18.6 Å². The van der Waals surface area contributed by atoms with Gasteiger partial charge in [-0.05, 0) is 12.1 Å². The third kappa shape index (κ3) is 4.52. The van der Waals surface area contributed by atoms with E-state index in [1.807, 2.05) is 6.07 Å². The summed E-state index contributed by atoms with van der Waals surface area (Å²) in [7, 11) is 0. The summed E-state index contributed by atoms with van der Waals surface area (Å²) in [6.07, 6.45) is 5.46. The van der Waals surface area contributed by atoms with Crippen LogP contribution in [0.25, 0.3) is 0 Å². The predicted molar refractivity (Wildman–Crippen MR) is 78.4 cm³/mol. The fourth-order valence-electron chi connectivity index (χ4n) is 2.04. The average molecular weight is 244 g/mol. The van der Waals surface area contributed by atoms with Crippen LogP contribution in [0.15, 0.2) is 30.3 Å². The van der Waals surface area contributed by atoms with Crippen LogP contribution in [0.1, 0.15) is 32.4 Å². The summed E-state index contributed by atoms with van der Waals surface area (Å²) in [6.45, 7) is 9.07. The Hall–Kier alpha value is -1.30. The number of terminal acetylenes is 1. The lowest BCUT2D eigenvalue weighted by Crippen LogP contribution is -2.38. The summed E-state index contributed by atoms with van der Waals surface area (Å²) >= 11 is 0. The molecule has 1 aromatic carbocycles. The van der Waals surface area contributed by atoms with Gasteiger partial charge in [-0.1, -0.05) is 57.0 Å². The van der Waals surface area contributed by atoms with Gasteiger partial charge in [0.25, 0.3) is 0 Å². The number of nitrogens with zero attached hydrogens (tertiary/aromatic N) is 1. The summed E-state index contributed by atoms with van der Waals surface area (Å²) in [5.74, 6) is 2.75. The van der Waals surface area contributed by atoms with Gasteiger partial charge < -0.3 is 5.32 Å². The highest BCUT2D eigenvalue weighted by molar-refractivity contribution is 5.20. The maximum absolute atomic E-state index is 5.46. The van der Waals surface area contributed by atoms with Crippen LogP contribution in [0.4, 0.5) is 0 Å². The Kier molecular flexibility index (Phi) is 6.49. The first kappa shape index (κ1) is 14.8. The lowest BCUT2D eigenvalue weighted by atomic mass is 10.0. The number of hydrogen-bond donors (Lipinski definition) is 1. The maximum Gasteiger partial charge on any atom is 0.0604 e. The third-order valence-electron chi connectivity index (χ3n) is 3.05. The monoisotopic (exact) mass is 244 g/mol. The Balaban J connectivity index is 2.84. The molecule has 0 fully saturated rings.